The SMILES string of the molecule is CCNc1ccc(S(=O)(=O)c2ccc(NC(C)=O)cc2)c(C)c1. The highest BCUT2D eigenvalue weighted by Gasteiger charge is 2.20. The molecule has 6 heteroatoms. The minimum Gasteiger partial charge on any atom is -0.385 e. The van der Waals surface area contributed by atoms with E-state index >= 15 is 0 Å². The molecule has 23 heavy (non-hydrogen) atoms. The van der Waals surface area contributed by atoms with Crippen LogP contribution in [0.15, 0.2) is 52.3 Å². The summed E-state index contributed by atoms with van der Waals surface area (Å²) in [5, 5.41) is 5.77. The summed E-state index contributed by atoms with van der Waals surface area (Å²) in [6.45, 7) is 5.94. The largest absolute Gasteiger partial charge is 0.385 e. The highest BCUT2D eigenvalue weighted by Crippen LogP contribution is 2.26. The molecule has 0 saturated heterocycles. The Bertz CT molecular complexity index is 812. The van der Waals surface area contributed by atoms with Crippen molar-refractivity contribution in [3.05, 3.63) is 48.0 Å². The fourth-order valence-electron chi connectivity index (χ4n) is 2.31. The van der Waals surface area contributed by atoms with Crippen LogP contribution in [-0.4, -0.2) is 20.9 Å². The standard InChI is InChI=1S/C17H20N2O3S/c1-4-18-15-7-10-17(12(2)11-15)23(21,22)16-8-5-14(6-9-16)19-13(3)20/h5-11,18H,4H2,1-3H3,(H,19,20). The van der Waals surface area contributed by atoms with Crippen molar-refractivity contribution in [2.24, 2.45) is 0 Å². The van der Waals surface area contributed by atoms with Crippen molar-refractivity contribution in [2.75, 3.05) is 17.2 Å². The maximum absolute atomic E-state index is 12.7. The quantitative estimate of drug-likeness (QED) is 0.881. The van der Waals surface area contributed by atoms with Gasteiger partial charge in [-0.15, -0.1) is 0 Å². The lowest BCUT2D eigenvalue weighted by Gasteiger charge is -2.11. The van der Waals surface area contributed by atoms with E-state index < -0.39 is 9.84 Å². The molecule has 2 aromatic rings. The third kappa shape index (κ3) is 3.90. The molecule has 0 aliphatic rings. The zero-order chi connectivity index (χ0) is 17.0. The van der Waals surface area contributed by atoms with Crippen LogP contribution < -0.4 is 10.6 Å². The van der Waals surface area contributed by atoms with Crippen LogP contribution in [0.1, 0.15) is 19.4 Å². The molecule has 0 atom stereocenters. The van der Waals surface area contributed by atoms with Crippen molar-refractivity contribution in [1.82, 2.24) is 0 Å². The number of sulfone groups is 1. The van der Waals surface area contributed by atoms with Crippen LogP contribution in [0.4, 0.5) is 11.4 Å². The second-order valence-electron chi connectivity index (χ2n) is 5.22. The van der Waals surface area contributed by atoms with Crippen molar-refractivity contribution in [2.45, 2.75) is 30.6 Å². The molecule has 2 aromatic carbocycles. The summed E-state index contributed by atoms with van der Waals surface area (Å²) < 4.78 is 25.5. The Balaban J connectivity index is 2.36. The number of amides is 1. The highest BCUT2D eigenvalue weighted by molar-refractivity contribution is 7.91. The Morgan fingerprint density at radius 2 is 1.65 bits per heavy atom. The lowest BCUT2D eigenvalue weighted by molar-refractivity contribution is -0.114. The zero-order valence-electron chi connectivity index (χ0n) is 13.4. The molecule has 0 radical (unpaired) electrons. The number of aryl methyl sites for hydroxylation is 1. The molecule has 5 nitrogen and oxygen atoms in total. The van der Waals surface area contributed by atoms with E-state index in [2.05, 4.69) is 10.6 Å². The zero-order valence-corrected chi connectivity index (χ0v) is 14.2. The first-order valence-corrected chi connectivity index (χ1v) is 8.80. The van der Waals surface area contributed by atoms with E-state index in [1.165, 1.54) is 19.1 Å². The van der Waals surface area contributed by atoms with E-state index in [9.17, 15) is 13.2 Å². The molecule has 2 N–H and O–H groups in total. The van der Waals surface area contributed by atoms with Crippen molar-refractivity contribution in [1.29, 1.82) is 0 Å². The molecule has 122 valence electrons. The van der Waals surface area contributed by atoms with Gasteiger partial charge in [0.1, 0.15) is 0 Å². The Kier molecular flexibility index (Phi) is 5.05. The van der Waals surface area contributed by atoms with Crippen LogP contribution in [0.5, 0.6) is 0 Å². The van der Waals surface area contributed by atoms with Crippen molar-refractivity contribution in [3.8, 4) is 0 Å². The van der Waals surface area contributed by atoms with E-state index in [1.54, 1.807) is 31.2 Å². The summed E-state index contributed by atoms with van der Waals surface area (Å²) in [5.41, 5.74) is 2.15. The molecule has 0 heterocycles. The van der Waals surface area contributed by atoms with Crippen LogP contribution in [0, 0.1) is 6.92 Å². The fourth-order valence-corrected chi connectivity index (χ4v) is 3.79. The first-order valence-electron chi connectivity index (χ1n) is 7.32. The Labute approximate surface area is 136 Å². The Hall–Kier alpha value is -2.34. The lowest BCUT2D eigenvalue weighted by atomic mass is 10.2. The predicted octanol–water partition coefficient (Wildman–Crippen LogP) is 3.22. The number of carbonyl (C=O) groups is 1. The van der Waals surface area contributed by atoms with E-state index in [0.717, 1.165) is 12.2 Å². The summed E-state index contributed by atoms with van der Waals surface area (Å²) >= 11 is 0. The van der Waals surface area contributed by atoms with Gasteiger partial charge >= 0.3 is 0 Å². The van der Waals surface area contributed by atoms with Crippen molar-refractivity contribution >= 4 is 27.1 Å². The maximum atomic E-state index is 12.7. The van der Waals surface area contributed by atoms with Gasteiger partial charge < -0.3 is 10.6 Å². The van der Waals surface area contributed by atoms with Crippen LogP contribution in [-0.2, 0) is 14.6 Å². The molecule has 2 rings (SSSR count). The number of hydrogen-bond acceptors (Lipinski definition) is 4. The predicted molar refractivity (Wildman–Crippen MR) is 91.5 cm³/mol. The minimum absolute atomic E-state index is 0.199. The van der Waals surface area contributed by atoms with Gasteiger partial charge in [0.2, 0.25) is 15.7 Å². The highest BCUT2D eigenvalue weighted by atomic mass is 32.2. The van der Waals surface area contributed by atoms with E-state index in [-0.39, 0.29) is 15.7 Å². The van der Waals surface area contributed by atoms with Gasteiger partial charge in [-0.05, 0) is 61.9 Å². The van der Waals surface area contributed by atoms with Gasteiger partial charge in [-0.25, -0.2) is 8.42 Å². The molecule has 1 amide bonds. The molecular weight excluding hydrogens is 312 g/mol. The first-order chi connectivity index (χ1) is 10.8. The number of rotatable bonds is 5. The fraction of sp³-hybridized carbons (Fsp3) is 0.235. The third-order valence-corrected chi connectivity index (χ3v) is 5.26. The van der Waals surface area contributed by atoms with Gasteiger partial charge in [-0.1, -0.05) is 0 Å². The van der Waals surface area contributed by atoms with Gasteiger partial charge in [0.25, 0.3) is 0 Å². The monoisotopic (exact) mass is 332 g/mol. The van der Waals surface area contributed by atoms with Gasteiger partial charge in [0.15, 0.2) is 0 Å². The number of carbonyl (C=O) groups excluding carboxylic acids is 1. The van der Waals surface area contributed by atoms with Crippen LogP contribution in [0.3, 0.4) is 0 Å². The molecule has 0 saturated carbocycles. The first kappa shape index (κ1) is 17.0. The molecule has 0 spiro atoms. The van der Waals surface area contributed by atoms with E-state index in [0.29, 0.717) is 11.3 Å². The molecular formula is C17H20N2O3S. The van der Waals surface area contributed by atoms with Gasteiger partial charge in [0.05, 0.1) is 9.79 Å². The van der Waals surface area contributed by atoms with Crippen molar-refractivity contribution in [3.63, 3.8) is 0 Å². The Morgan fingerprint density at radius 3 is 2.17 bits per heavy atom. The van der Waals surface area contributed by atoms with Gasteiger partial charge in [-0.2, -0.15) is 0 Å². The Morgan fingerprint density at radius 1 is 1.04 bits per heavy atom. The van der Waals surface area contributed by atoms with E-state index in [4.69, 9.17) is 0 Å². The average Bonchev–Trinajstić information content (AvgIpc) is 2.47. The minimum atomic E-state index is -3.59. The normalized spacial score (nSPS) is 11.1. The second-order valence-corrected chi connectivity index (χ2v) is 7.14. The van der Waals surface area contributed by atoms with Crippen LogP contribution in [0.2, 0.25) is 0 Å². The summed E-state index contributed by atoms with van der Waals surface area (Å²) in [6.07, 6.45) is 0. The number of anilines is 2. The molecule has 0 aromatic heterocycles. The number of hydrogen-bond donors (Lipinski definition) is 2. The summed E-state index contributed by atoms with van der Waals surface area (Å²) in [6, 6.07) is 11.4. The molecule has 0 aliphatic heterocycles. The lowest BCUT2D eigenvalue weighted by Crippen LogP contribution is -2.07. The number of nitrogens with one attached hydrogen (secondary N) is 2. The molecule has 0 aliphatic carbocycles. The topological polar surface area (TPSA) is 75.3 Å². The van der Waals surface area contributed by atoms with Crippen LogP contribution in [0.25, 0.3) is 0 Å². The smallest absolute Gasteiger partial charge is 0.221 e. The van der Waals surface area contributed by atoms with Crippen LogP contribution >= 0.6 is 0 Å². The third-order valence-electron chi connectivity index (χ3n) is 3.33. The second kappa shape index (κ2) is 6.83. The summed E-state index contributed by atoms with van der Waals surface area (Å²) in [7, 11) is -3.59. The molecule has 0 fully saturated rings. The van der Waals surface area contributed by atoms with Crippen molar-refractivity contribution < 1.29 is 13.2 Å². The van der Waals surface area contributed by atoms with Gasteiger partial charge in [0, 0.05) is 24.8 Å². The number of benzene rings is 2. The molecule has 0 unspecified atom stereocenters. The van der Waals surface area contributed by atoms with E-state index in [1.807, 2.05) is 13.0 Å². The molecule has 0 bridgehead atoms. The van der Waals surface area contributed by atoms with Gasteiger partial charge in [-0.3, -0.25) is 4.79 Å². The average molecular weight is 332 g/mol. The summed E-state index contributed by atoms with van der Waals surface area (Å²) in [5.74, 6) is -0.199. The maximum Gasteiger partial charge on any atom is 0.221 e. The summed E-state index contributed by atoms with van der Waals surface area (Å²) in [4.78, 5) is 11.5.